The van der Waals surface area contributed by atoms with E-state index in [1.54, 1.807) is 7.11 Å². The Balaban J connectivity index is 1.52. The molecule has 3 aromatic rings. The zero-order valence-electron chi connectivity index (χ0n) is 13.5. The van der Waals surface area contributed by atoms with Crippen molar-refractivity contribution in [2.45, 2.75) is 13.1 Å². The van der Waals surface area contributed by atoms with Crippen molar-refractivity contribution >= 4 is 10.8 Å². The fourth-order valence-corrected chi connectivity index (χ4v) is 3.07. The van der Waals surface area contributed by atoms with Crippen molar-refractivity contribution in [2.24, 2.45) is 0 Å². The Hall–Kier alpha value is -2.72. The number of ether oxygens (including phenoxy) is 3. The predicted octanol–water partition coefficient (Wildman–Crippen LogP) is 3.87. The number of rotatable bonds is 5. The minimum Gasteiger partial charge on any atom is -0.496 e. The molecule has 0 saturated carbocycles. The molecule has 0 amide bonds. The summed E-state index contributed by atoms with van der Waals surface area (Å²) in [6.45, 7) is 1.79. The molecular weight excluding hydrogens is 302 g/mol. The second-order valence-corrected chi connectivity index (χ2v) is 5.76. The summed E-state index contributed by atoms with van der Waals surface area (Å²) in [5.41, 5.74) is 2.34. The van der Waals surface area contributed by atoms with Gasteiger partial charge in [-0.15, -0.1) is 0 Å². The number of hydrogen-bond acceptors (Lipinski definition) is 4. The van der Waals surface area contributed by atoms with Gasteiger partial charge in [0, 0.05) is 18.7 Å². The van der Waals surface area contributed by atoms with E-state index in [0.717, 1.165) is 30.3 Å². The lowest BCUT2D eigenvalue weighted by Crippen LogP contribution is -2.13. The molecule has 1 aliphatic rings. The number of fused-ring (bicyclic) bond motifs is 2. The van der Waals surface area contributed by atoms with E-state index in [9.17, 15) is 0 Å². The van der Waals surface area contributed by atoms with Crippen molar-refractivity contribution in [3.8, 4) is 17.2 Å². The minimum atomic E-state index is 0.305. The Labute approximate surface area is 141 Å². The first-order valence-electron chi connectivity index (χ1n) is 7.99. The van der Waals surface area contributed by atoms with Crippen LogP contribution in [0, 0.1) is 0 Å². The maximum Gasteiger partial charge on any atom is 0.231 e. The summed E-state index contributed by atoms with van der Waals surface area (Å²) in [5, 5.41) is 5.94. The molecule has 0 unspecified atom stereocenters. The van der Waals surface area contributed by atoms with Crippen LogP contribution < -0.4 is 19.5 Å². The molecule has 0 saturated heterocycles. The highest BCUT2D eigenvalue weighted by atomic mass is 16.7. The van der Waals surface area contributed by atoms with Crippen molar-refractivity contribution in [1.82, 2.24) is 5.32 Å². The Morgan fingerprint density at radius 2 is 1.83 bits per heavy atom. The van der Waals surface area contributed by atoms with E-state index in [1.807, 2.05) is 18.2 Å². The summed E-state index contributed by atoms with van der Waals surface area (Å²) in [4.78, 5) is 0. The third kappa shape index (κ3) is 2.76. The van der Waals surface area contributed by atoms with Gasteiger partial charge in [-0.2, -0.15) is 0 Å². The highest BCUT2D eigenvalue weighted by Gasteiger charge is 2.13. The number of benzene rings is 3. The van der Waals surface area contributed by atoms with Crippen LogP contribution in [0.3, 0.4) is 0 Å². The van der Waals surface area contributed by atoms with Gasteiger partial charge < -0.3 is 19.5 Å². The second-order valence-electron chi connectivity index (χ2n) is 5.76. The normalized spacial score (nSPS) is 12.5. The van der Waals surface area contributed by atoms with Crippen molar-refractivity contribution in [2.75, 3.05) is 13.9 Å². The predicted molar refractivity (Wildman–Crippen MR) is 93.6 cm³/mol. The molecule has 0 aromatic heterocycles. The molecule has 0 spiro atoms. The van der Waals surface area contributed by atoms with Gasteiger partial charge in [0.2, 0.25) is 6.79 Å². The van der Waals surface area contributed by atoms with E-state index in [1.165, 1.54) is 21.9 Å². The van der Waals surface area contributed by atoms with E-state index < -0.39 is 0 Å². The second kappa shape index (κ2) is 6.42. The summed E-state index contributed by atoms with van der Waals surface area (Å²) in [5.74, 6) is 2.54. The minimum absolute atomic E-state index is 0.305. The van der Waals surface area contributed by atoms with Gasteiger partial charge in [0.1, 0.15) is 5.75 Å². The van der Waals surface area contributed by atoms with Gasteiger partial charge in [0.25, 0.3) is 0 Å². The van der Waals surface area contributed by atoms with Crippen LogP contribution in [0.4, 0.5) is 0 Å². The van der Waals surface area contributed by atoms with E-state index in [4.69, 9.17) is 14.2 Å². The third-order valence-corrected chi connectivity index (χ3v) is 4.29. The first-order chi connectivity index (χ1) is 11.8. The van der Waals surface area contributed by atoms with Crippen LogP contribution in [0.25, 0.3) is 10.8 Å². The van der Waals surface area contributed by atoms with Crippen LogP contribution in [0.15, 0.2) is 54.6 Å². The van der Waals surface area contributed by atoms with E-state index in [-0.39, 0.29) is 0 Å². The summed E-state index contributed by atoms with van der Waals surface area (Å²) in [6.07, 6.45) is 0. The standard InChI is InChI=1S/C20H19NO3/c1-22-18-9-7-15-4-2-3-5-16(15)17(18)12-21-11-14-6-8-19-20(10-14)24-13-23-19/h2-10,21H,11-13H2,1H3. The first kappa shape index (κ1) is 14.8. The first-order valence-corrected chi connectivity index (χ1v) is 7.99. The number of hydrogen-bond donors (Lipinski definition) is 1. The molecule has 3 aromatic carbocycles. The Bertz CT molecular complexity index is 876. The van der Waals surface area contributed by atoms with Crippen LogP contribution >= 0.6 is 0 Å². The molecule has 0 fully saturated rings. The topological polar surface area (TPSA) is 39.7 Å². The molecule has 0 aliphatic carbocycles. The maximum atomic E-state index is 5.54. The quantitative estimate of drug-likeness (QED) is 0.774. The SMILES string of the molecule is COc1ccc2ccccc2c1CNCc1ccc2c(c1)OCO2. The maximum absolute atomic E-state index is 5.54. The summed E-state index contributed by atoms with van der Waals surface area (Å²) < 4.78 is 16.3. The molecule has 122 valence electrons. The summed E-state index contributed by atoms with van der Waals surface area (Å²) in [7, 11) is 1.71. The average Bonchev–Trinajstić information content (AvgIpc) is 3.09. The van der Waals surface area contributed by atoms with Crippen molar-refractivity contribution in [1.29, 1.82) is 0 Å². The van der Waals surface area contributed by atoms with Crippen molar-refractivity contribution < 1.29 is 14.2 Å². The van der Waals surface area contributed by atoms with Crippen LogP contribution in [0.5, 0.6) is 17.2 Å². The molecular formula is C20H19NO3. The van der Waals surface area contributed by atoms with Crippen LogP contribution in [0.1, 0.15) is 11.1 Å². The van der Waals surface area contributed by atoms with E-state index in [2.05, 4.69) is 41.7 Å². The van der Waals surface area contributed by atoms with Gasteiger partial charge in [0.15, 0.2) is 11.5 Å². The fourth-order valence-electron chi connectivity index (χ4n) is 3.07. The molecule has 1 N–H and O–H groups in total. The van der Waals surface area contributed by atoms with Crippen LogP contribution in [-0.2, 0) is 13.1 Å². The van der Waals surface area contributed by atoms with Gasteiger partial charge in [-0.25, -0.2) is 0 Å². The fraction of sp³-hybridized carbons (Fsp3) is 0.200. The Morgan fingerprint density at radius 1 is 0.958 bits per heavy atom. The zero-order chi connectivity index (χ0) is 16.4. The lowest BCUT2D eigenvalue weighted by molar-refractivity contribution is 0.174. The zero-order valence-corrected chi connectivity index (χ0v) is 13.5. The molecule has 0 radical (unpaired) electrons. The summed E-state index contributed by atoms with van der Waals surface area (Å²) >= 11 is 0. The highest BCUT2D eigenvalue weighted by Crippen LogP contribution is 2.32. The largest absolute Gasteiger partial charge is 0.496 e. The molecule has 0 bridgehead atoms. The molecule has 4 rings (SSSR count). The van der Waals surface area contributed by atoms with Crippen LogP contribution in [0.2, 0.25) is 0 Å². The average molecular weight is 321 g/mol. The van der Waals surface area contributed by atoms with Crippen LogP contribution in [-0.4, -0.2) is 13.9 Å². The van der Waals surface area contributed by atoms with Gasteiger partial charge in [-0.3, -0.25) is 0 Å². The lowest BCUT2D eigenvalue weighted by atomic mass is 10.0. The van der Waals surface area contributed by atoms with Gasteiger partial charge >= 0.3 is 0 Å². The molecule has 24 heavy (non-hydrogen) atoms. The van der Waals surface area contributed by atoms with Gasteiger partial charge in [-0.1, -0.05) is 36.4 Å². The van der Waals surface area contributed by atoms with Crippen molar-refractivity contribution in [3.63, 3.8) is 0 Å². The molecule has 4 nitrogen and oxygen atoms in total. The third-order valence-electron chi connectivity index (χ3n) is 4.29. The van der Waals surface area contributed by atoms with E-state index in [0.29, 0.717) is 6.79 Å². The number of methoxy groups -OCH3 is 1. The Morgan fingerprint density at radius 3 is 2.75 bits per heavy atom. The monoisotopic (exact) mass is 321 g/mol. The summed E-state index contributed by atoms with van der Waals surface area (Å²) in [6, 6.07) is 18.5. The highest BCUT2D eigenvalue weighted by molar-refractivity contribution is 5.87. The number of nitrogens with one attached hydrogen (secondary N) is 1. The lowest BCUT2D eigenvalue weighted by Gasteiger charge is -2.13. The smallest absolute Gasteiger partial charge is 0.231 e. The van der Waals surface area contributed by atoms with Gasteiger partial charge in [0.05, 0.1) is 7.11 Å². The molecule has 1 aliphatic heterocycles. The van der Waals surface area contributed by atoms with E-state index >= 15 is 0 Å². The van der Waals surface area contributed by atoms with Gasteiger partial charge in [-0.05, 0) is 34.5 Å². The van der Waals surface area contributed by atoms with Crippen molar-refractivity contribution in [3.05, 3.63) is 65.7 Å². The Kier molecular flexibility index (Phi) is 3.97. The molecule has 0 atom stereocenters. The molecule has 4 heteroatoms. The molecule has 1 heterocycles.